The van der Waals surface area contributed by atoms with Crippen LogP contribution in [0.25, 0.3) is 10.9 Å². The quantitative estimate of drug-likeness (QED) is 0.775. The lowest BCUT2D eigenvalue weighted by Crippen LogP contribution is -2.14. The third-order valence-corrected chi connectivity index (χ3v) is 3.66. The molecule has 1 N–H and O–H groups in total. The van der Waals surface area contributed by atoms with E-state index in [-0.39, 0.29) is 5.91 Å². The number of amides is 1. The number of anilines is 1. The average Bonchev–Trinajstić information content (AvgIpc) is 2.50. The summed E-state index contributed by atoms with van der Waals surface area (Å²) in [5.41, 5.74) is 1.70. The van der Waals surface area contributed by atoms with Crippen LogP contribution in [-0.4, -0.2) is 20.9 Å². The fourth-order valence-corrected chi connectivity index (χ4v) is 2.46. The van der Waals surface area contributed by atoms with Gasteiger partial charge in [0, 0.05) is 22.3 Å². The molecule has 21 heavy (non-hydrogen) atoms. The molecule has 0 aliphatic carbocycles. The van der Waals surface area contributed by atoms with E-state index in [9.17, 15) is 4.79 Å². The van der Waals surface area contributed by atoms with Gasteiger partial charge in [-0.3, -0.25) is 9.78 Å². The van der Waals surface area contributed by atoms with Crippen molar-refractivity contribution < 1.29 is 4.79 Å². The third kappa shape index (κ3) is 2.75. The zero-order valence-corrected chi connectivity index (χ0v) is 12.8. The Labute approximate surface area is 129 Å². The third-order valence-electron chi connectivity index (χ3n) is 2.97. The summed E-state index contributed by atoms with van der Waals surface area (Å²) in [6.07, 6.45) is 3.26. The molecule has 3 rings (SSSR count). The number of aromatic nitrogens is 3. The van der Waals surface area contributed by atoms with Gasteiger partial charge in [0.05, 0.1) is 11.2 Å². The molecule has 0 fully saturated rings. The van der Waals surface area contributed by atoms with Crippen LogP contribution < -0.4 is 5.32 Å². The molecule has 1 amide bonds. The van der Waals surface area contributed by atoms with Crippen LogP contribution in [-0.2, 0) is 0 Å². The highest BCUT2D eigenvalue weighted by Gasteiger charge is 2.11. The second kappa shape index (κ2) is 5.57. The Morgan fingerprint density at radius 3 is 2.81 bits per heavy atom. The first-order valence-electron chi connectivity index (χ1n) is 6.29. The summed E-state index contributed by atoms with van der Waals surface area (Å²) in [7, 11) is 0. The van der Waals surface area contributed by atoms with E-state index in [0.717, 1.165) is 15.4 Å². The number of pyridine rings is 1. The number of fused-ring (bicyclic) bond motifs is 1. The highest BCUT2D eigenvalue weighted by molar-refractivity contribution is 9.10. The van der Waals surface area contributed by atoms with E-state index in [4.69, 9.17) is 0 Å². The van der Waals surface area contributed by atoms with Crippen LogP contribution in [0.5, 0.6) is 0 Å². The highest BCUT2D eigenvalue weighted by atomic mass is 79.9. The molecule has 0 saturated carbocycles. The van der Waals surface area contributed by atoms with Crippen LogP contribution in [0.2, 0.25) is 0 Å². The molecule has 1 aromatic carbocycles. The number of halogens is 1. The second-order valence-electron chi connectivity index (χ2n) is 4.44. The maximum absolute atomic E-state index is 12.3. The van der Waals surface area contributed by atoms with Gasteiger partial charge in [0.2, 0.25) is 0 Å². The van der Waals surface area contributed by atoms with Gasteiger partial charge in [-0.2, -0.15) is 0 Å². The largest absolute Gasteiger partial charge is 0.319 e. The fourth-order valence-electron chi connectivity index (χ4n) is 2.01. The normalized spacial score (nSPS) is 10.6. The van der Waals surface area contributed by atoms with E-state index in [2.05, 4.69) is 36.2 Å². The van der Waals surface area contributed by atoms with Crippen LogP contribution in [0.1, 0.15) is 16.3 Å². The van der Waals surface area contributed by atoms with E-state index in [1.165, 1.54) is 0 Å². The van der Waals surface area contributed by atoms with Gasteiger partial charge in [0.1, 0.15) is 11.5 Å². The Bertz CT molecular complexity index is 835. The smallest absolute Gasteiger partial charge is 0.274 e. The van der Waals surface area contributed by atoms with Gasteiger partial charge in [-0.25, -0.2) is 9.97 Å². The zero-order chi connectivity index (χ0) is 14.8. The van der Waals surface area contributed by atoms with Crippen molar-refractivity contribution in [1.29, 1.82) is 0 Å². The number of hydrogen-bond donors (Lipinski definition) is 1. The van der Waals surface area contributed by atoms with E-state index < -0.39 is 0 Å². The summed E-state index contributed by atoms with van der Waals surface area (Å²) in [5.74, 6) is 0.274. The minimum absolute atomic E-state index is 0.283. The number of nitrogens with one attached hydrogen (secondary N) is 1. The molecule has 104 valence electrons. The van der Waals surface area contributed by atoms with Crippen molar-refractivity contribution >= 4 is 38.4 Å². The van der Waals surface area contributed by atoms with Crippen molar-refractivity contribution in [2.45, 2.75) is 6.92 Å². The summed E-state index contributed by atoms with van der Waals surface area (Å²) in [6.45, 7) is 1.74. The van der Waals surface area contributed by atoms with E-state index in [1.807, 2.05) is 24.3 Å². The van der Waals surface area contributed by atoms with Gasteiger partial charge in [-0.05, 0) is 31.2 Å². The lowest BCUT2D eigenvalue weighted by atomic mass is 10.2. The topological polar surface area (TPSA) is 67.8 Å². The SMILES string of the molecule is Cc1nccc(C(=O)Nc2ccc(Br)c3cccnc23)n1. The Balaban J connectivity index is 1.99. The number of carbonyl (C=O) groups is 1. The molecular weight excluding hydrogens is 332 g/mol. The van der Waals surface area contributed by atoms with Crippen molar-refractivity contribution in [3.05, 3.63) is 58.7 Å². The van der Waals surface area contributed by atoms with E-state index >= 15 is 0 Å². The molecule has 0 aliphatic rings. The molecule has 0 saturated heterocycles. The predicted molar refractivity (Wildman–Crippen MR) is 84.2 cm³/mol. The van der Waals surface area contributed by atoms with Crippen molar-refractivity contribution in [1.82, 2.24) is 15.0 Å². The molecule has 2 aromatic heterocycles. The number of aryl methyl sites for hydroxylation is 1. The maximum atomic E-state index is 12.3. The predicted octanol–water partition coefficient (Wildman–Crippen LogP) is 3.35. The molecule has 5 nitrogen and oxygen atoms in total. The molecular formula is C15H11BrN4O. The molecule has 6 heteroatoms. The zero-order valence-electron chi connectivity index (χ0n) is 11.2. The van der Waals surface area contributed by atoms with Crippen molar-refractivity contribution in [2.75, 3.05) is 5.32 Å². The second-order valence-corrected chi connectivity index (χ2v) is 5.29. The molecule has 0 radical (unpaired) electrons. The highest BCUT2D eigenvalue weighted by Crippen LogP contribution is 2.28. The number of hydrogen-bond acceptors (Lipinski definition) is 4. The average molecular weight is 343 g/mol. The number of rotatable bonds is 2. The summed E-state index contributed by atoms with van der Waals surface area (Å²) in [4.78, 5) is 24.7. The number of nitrogens with zero attached hydrogens (tertiary/aromatic N) is 3. The number of carbonyl (C=O) groups excluding carboxylic acids is 1. The Morgan fingerprint density at radius 2 is 2.00 bits per heavy atom. The Hall–Kier alpha value is -2.34. The molecule has 0 aliphatic heterocycles. The minimum atomic E-state index is -0.283. The van der Waals surface area contributed by atoms with Crippen molar-refractivity contribution in [2.24, 2.45) is 0 Å². The van der Waals surface area contributed by atoms with E-state index in [1.54, 1.807) is 25.4 Å². The van der Waals surface area contributed by atoms with Gasteiger partial charge in [-0.15, -0.1) is 0 Å². The summed E-state index contributed by atoms with van der Waals surface area (Å²) >= 11 is 3.48. The Kier molecular flexibility index (Phi) is 3.62. The molecule has 0 unspecified atom stereocenters. The Morgan fingerprint density at radius 1 is 1.14 bits per heavy atom. The van der Waals surface area contributed by atoms with Crippen LogP contribution in [0.3, 0.4) is 0 Å². The van der Waals surface area contributed by atoms with Crippen LogP contribution in [0, 0.1) is 6.92 Å². The minimum Gasteiger partial charge on any atom is -0.319 e. The first-order valence-corrected chi connectivity index (χ1v) is 7.08. The van der Waals surface area contributed by atoms with Crippen LogP contribution in [0.4, 0.5) is 5.69 Å². The lowest BCUT2D eigenvalue weighted by molar-refractivity contribution is 0.102. The molecule has 3 aromatic rings. The van der Waals surface area contributed by atoms with Gasteiger partial charge in [-0.1, -0.05) is 22.0 Å². The van der Waals surface area contributed by atoms with Crippen molar-refractivity contribution in [3.63, 3.8) is 0 Å². The number of benzene rings is 1. The first kappa shape index (κ1) is 13.6. The van der Waals surface area contributed by atoms with Crippen molar-refractivity contribution in [3.8, 4) is 0 Å². The summed E-state index contributed by atoms with van der Waals surface area (Å²) in [5, 5.41) is 3.78. The van der Waals surface area contributed by atoms with Crippen LogP contribution in [0.15, 0.2) is 47.2 Å². The molecule has 0 atom stereocenters. The summed E-state index contributed by atoms with van der Waals surface area (Å²) in [6, 6.07) is 9.07. The molecule has 0 bridgehead atoms. The van der Waals surface area contributed by atoms with Gasteiger partial charge < -0.3 is 5.32 Å². The maximum Gasteiger partial charge on any atom is 0.274 e. The molecule has 2 heterocycles. The fraction of sp³-hybridized carbons (Fsp3) is 0.0667. The van der Waals surface area contributed by atoms with Gasteiger partial charge >= 0.3 is 0 Å². The monoisotopic (exact) mass is 342 g/mol. The molecule has 0 spiro atoms. The first-order chi connectivity index (χ1) is 10.1. The standard InChI is InChI=1S/C15H11BrN4O/c1-9-17-8-6-13(19-9)15(21)20-12-5-4-11(16)10-3-2-7-18-14(10)12/h2-8H,1H3,(H,20,21). The van der Waals surface area contributed by atoms with Gasteiger partial charge in [0.15, 0.2) is 0 Å². The van der Waals surface area contributed by atoms with Gasteiger partial charge in [0.25, 0.3) is 5.91 Å². The van der Waals surface area contributed by atoms with E-state index in [0.29, 0.717) is 17.2 Å². The van der Waals surface area contributed by atoms with Crippen LogP contribution >= 0.6 is 15.9 Å². The lowest BCUT2D eigenvalue weighted by Gasteiger charge is -2.09. The summed E-state index contributed by atoms with van der Waals surface area (Å²) < 4.78 is 0.932.